The highest BCUT2D eigenvalue weighted by Crippen LogP contribution is 2.24. The second-order valence-corrected chi connectivity index (χ2v) is 6.07. The summed E-state index contributed by atoms with van der Waals surface area (Å²) >= 11 is 0. The molecule has 4 nitrogen and oxygen atoms in total. The molecule has 0 aliphatic carbocycles. The molecular formula is C17H18N4. The lowest BCUT2D eigenvalue weighted by atomic mass is 9.87. The molecule has 1 aromatic heterocycles. The van der Waals surface area contributed by atoms with Gasteiger partial charge >= 0.3 is 0 Å². The van der Waals surface area contributed by atoms with Crippen molar-refractivity contribution in [2.75, 3.05) is 0 Å². The van der Waals surface area contributed by atoms with Crippen molar-refractivity contribution < 1.29 is 0 Å². The van der Waals surface area contributed by atoms with Gasteiger partial charge in [0.2, 0.25) is 5.82 Å². The van der Waals surface area contributed by atoms with Crippen molar-refractivity contribution >= 4 is 0 Å². The van der Waals surface area contributed by atoms with Gasteiger partial charge in [-0.1, -0.05) is 63.2 Å². The summed E-state index contributed by atoms with van der Waals surface area (Å²) in [5.74, 6) is 0.638. The summed E-state index contributed by atoms with van der Waals surface area (Å²) in [4.78, 5) is 1.55. The maximum absolute atomic E-state index is 4.44. The molecule has 1 heterocycles. The van der Waals surface area contributed by atoms with E-state index in [4.69, 9.17) is 0 Å². The summed E-state index contributed by atoms with van der Waals surface area (Å²) in [7, 11) is 0. The lowest BCUT2D eigenvalue weighted by Crippen LogP contribution is -2.10. The van der Waals surface area contributed by atoms with Gasteiger partial charge in [0, 0.05) is 5.56 Å². The quantitative estimate of drug-likeness (QED) is 0.719. The first-order valence-corrected chi connectivity index (χ1v) is 7.00. The minimum absolute atomic E-state index is 0.146. The summed E-state index contributed by atoms with van der Waals surface area (Å²) in [6.07, 6.45) is 0. The van der Waals surface area contributed by atoms with Crippen molar-refractivity contribution in [1.82, 2.24) is 20.2 Å². The van der Waals surface area contributed by atoms with Crippen LogP contribution in [0, 0.1) is 0 Å². The van der Waals surface area contributed by atoms with E-state index in [2.05, 4.69) is 48.3 Å². The van der Waals surface area contributed by atoms with Crippen LogP contribution in [0.25, 0.3) is 17.1 Å². The average Bonchev–Trinajstić information content (AvgIpc) is 2.97. The van der Waals surface area contributed by atoms with Crippen LogP contribution in [0.3, 0.4) is 0 Å². The number of hydrogen-bond donors (Lipinski definition) is 0. The first-order chi connectivity index (χ1) is 10.0. The zero-order chi connectivity index (χ0) is 14.9. The number of nitrogens with zero attached hydrogens (tertiary/aromatic N) is 4. The van der Waals surface area contributed by atoms with Crippen LogP contribution < -0.4 is 0 Å². The van der Waals surface area contributed by atoms with Crippen LogP contribution in [-0.2, 0) is 5.41 Å². The fourth-order valence-corrected chi connectivity index (χ4v) is 2.12. The molecule has 0 unspecified atom stereocenters. The van der Waals surface area contributed by atoms with E-state index in [9.17, 15) is 0 Å². The van der Waals surface area contributed by atoms with Gasteiger partial charge in [-0.15, -0.1) is 15.0 Å². The third-order valence-electron chi connectivity index (χ3n) is 3.41. The Morgan fingerprint density at radius 2 is 1.52 bits per heavy atom. The van der Waals surface area contributed by atoms with Crippen molar-refractivity contribution in [3.8, 4) is 17.1 Å². The molecule has 0 saturated heterocycles. The second-order valence-electron chi connectivity index (χ2n) is 6.07. The molecule has 0 amide bonds. The highest BCUT2D eigenvalue weighted by Gasteiger charge is 2.14. The molecule has 4 heteroatoms. The molecule has 0 spiro atoms. The Kier molecular flexibility index (Phi) is 3.29. The van der Waals surface area contributed by atoms with Gasteiger partial charge in [-0.25, -0.2) is 0 Å². The summed E-state index contributed by atoms with van der Waals surface area (Å²) < 4.78 is 0. The monoisotopic (exact) mass is 278 g/mol. The fourth-order valence-electron chi connectivity index (χ4n) is 2.12. The van der Waals surface area contributed by atoms with Gasteiger partial charge < -0.3 is 0 Å². The normalized spacial score (nSPS) is 11.6. The standard InChI is InChI=1S/C17H18N4/c1-17(2,3)14-11-9-13(10-12-14)16-18-20-21(19-16)15-7-5-4-6-8-15/h4-12H,1-3H3. The Labute approximate surface area is 124 Å². The summed E-state index contributed by atoms with van der Waals surface area (Å²) in [6, 6.07) is 18.1. The van der Waals surface area contributed by atoms with E-state index < -0.39 is 0 Å². The van der Waals surface area contributed by atoms with Crippen molar-refractivity contribution in [2.24, 2.45) is 0 Å². The molecule has 0 aliphatic heterocycles. The van der Waals surface area contributed by atoms with Crippen molar-refractivity contribution in [3.05, 3.63) is 60.2 Å². The van der Waals surface area contributed by atoms with E-state index in [-0.39, 0.29) is 5.41 Å². The fraction of sp³-hybridized carbons (Fsp3) is 0.235. The van der Waals surface area contributed by atoms with Crippen LogP contribution in [0.1, 0.15) is 26.3 Å². The topological polar surface area (TPSA) is 43.6 Å². The third-order valence-corrected chi connectivity index (χ3v) is 3.41. The molecule has 0 bridgehead atoms. The molecule has 3 aromatic rings. The van der Waals surface area contributed by atoms with Gasteiger partial charge in [-0.05, 0) is 28.3 Å². The van der Waals surface area contributed by atoms with Crippen LogP contribution in [-0.4, -0.2) is 20.2 Å². The zero-order valence-corrected chi connectivity index (χ0v) is 12.5. The lowest BCUT2D eigenvalue weighted by molar-refractivity contribution is 0.590. The highest BCUT2D eigenvalue weighted by atomic mass is 15.6. The van der Waals surface area contributed by atoms with Gasteiger partial charge in [-0.2, -0.15) is 0 Å². The summed E-state index contributed by atoms with van der Waals surface area (Å²) in [5.41, 5.74) is 3.32. The minimum Gasteiger partial charge on any atom is -0.130 e. The smallest absolute Gasteiger partial charge is 0.130 e. The first kappa shape index (κ1) is 13.5. The van der Waals surface area contributed by atoms with Crippen LogP contribution in [0.2, 0.25) is 0 Å². The van der Waals surface area contributed by atoms with E-state index in [1.807, 2.05) is 42.5 Å². The molecule has 0 radical (unpaired) electrons. The van der Waals surface area contributed by atoms with Gasteiger partial charge in [0.05, 0.1) is 5.69 Å². The molecule has 0 N–H and O–H groups in total. The van der Waals surface area contributed by atoms with Crippen LogP contribution in [0.5, 0.6) is 0 Å². The average molecular weight is 278 g/mol. The predicted octanol–water partition coefficient (Wildman–Crippen LogP) is 3.63. The maximum Gasteiger partial charge on any atom is 0.205 e. The first-order valence-electron chi connectivity index (χ1n) is 7.00. The molecule has 0 aliphatic rings. The number of para-hydroxylation sites is 1. The minimum atomic E-state index is 0.146. The van der Waals surface area contributed by atoms with Gasteiger partial charge in [0.1, 0.15) is 0 Å². The highest BCUT2D eigenvalue weighted by molar-refractivity contribution is 5.55. The van der Waals surface area contributed by atoms with Crippen molar-refractivity contribution in [3.63, 3.8) is 0 Å². The van der Waals surface area contributed by atoms with E-state index in [1.54, 1.807) is 4.80 Å². The second kappa shape index (κ2) is 5.13. The Morgan fingerprint density at radius 3 is 2.14 bits per heavy atom. The van der Waals surface area contributed by atoms with E-state index in [0.717, 1.165) is 11.3 Å². The maximum atomic E-state index is 4.44. The van der Waals surface area contributed by atoms with E-state index >= 15 is 0 Å². The Balaban J connectivity index is 1.90. The number of aromatic nitrogens is 4. The zero-order valence-electron chi connectivity index (χ0n) is 12.5. The molecule has 2 aromatic carbocycles. The van der Waals surface area contributed by atoms with Crippen LogP contribution in [0.4, 0.5) is 0 Å². The van der Waals surface area contributed by atoms with Crippen molar-refractivity contribution in [2.45, 2.75) is 26.2 Å². The van der Waals surface area contributed by atoms with Crippen LogP contribution >= 0.6 is 0 Å². The molecule has 0 saturated carbocycles. The molecule has 106 valence electrons. The van der Waals surface area contributed by atoms with Gasteiger partial charge in [0.15, 0.2) is 0 Å². The summed E-state index contributed by atoms with van der Waals surface area (Å²) in [5, 5.41) is 12.7. The Bertz CT molecular complexity index is 721. The molecule has 0 atom stereocenters. The number of tetrazole rings is 1. The van der Waals surface area contributed by atoms with Crippen molar-refractivity contribution in [1.29, 1.82) is 0 Å². The Morgan fingerprint density at radius 1 is 0.857 bits per heavy atom. The van der Waals surface area contributed by atoms with Gasteiger partial charge in [-0.3, -0.25) is 0 Å². The molecule has 0 fully saturated rings. The number of rotatable bonds is 2. The Hall–Kier alpha value is -2.49. The molecule has 21 heavy (non-hydrogen) atoms. The largest absolute Gasteiger partial charge is 0.205 e. The third kappa shape index (κ3) is 2.84. The molecular weight excluding hydrogens is 260 g/mol. The summed E-state index contributed by atoms with van der Waals surface area (Å²) in [6.45, 7) is 6.60. The number of hydrogen-bond acceptors (Lipinski definition) is 3. The van der Waals surface area contributed by atoms with Crippen LogP contribution in [0.15, 0.2) is 54.6 Å². The predicted molar refractivity (Wildman–Crippen MR) is 83.3 cm³/mol. The number of benzene rings is 2. The van der Waals surface area contributed by atoms with Gasteiger partial charge in [0.25, 0.3) is 0 Å². The SMILES string of the molecule is CC(C)(C)c1ccc(-c2nnn(-c3ccccc3)n2)cc1. The van der Waals surface area contributed by atoms with E-state index in [1.165, 1.54) is 5.56 Å². The lowest BCUT2D eigenvalue weighted by Gasteiger charge is -2.18. The van der Waals surface area contributed by atoms with E-state index in [0.29, 0.717) is 5.82 Å². The molecule has 3 rings (SSSR count).